The maximum absolute atomic E-state index is 12.4. The van der Waals surface area contributed by atoms with Gasteiger partial charge in [0.15, 0.2) is 0 Å². The number of hydrogen-bond donors (Lipinski definition) is 2. The van der Waals surface area contributed by atoms with E-state index in [2.05, 4.69) is 5.32 Å². The Hall–Kier alpha value is -0.720. The SMILES string of the molecule is COc1ccc(C(=O)N[C@@H]([NH+]2CCOCC2)C(Cl)(Cl)Cl)cc1. The van der Waals surface area contributed by atoms with Crippen molar-refractivity contribution in [3.63, 3.8) is 0 Å². The highest BCUT2D eigenvalue weighted by Gasteiger charge is 2.42. The molecule has 0 spiro atoms. The van der Waals surface area contributed by atoms with Gasteiger partial charge in [0.1, 0.15) is 18.8 Å². The molecule has 2 rings (SSSR count). The fraction of sp³-hybridized carbons (Fsp3) is 0.500. The quantitative estimate of drug-likeness (QED) is 0.781. The molecule has 2 N–H and O–H groups in total. The van der Waals surface area contributed by atoms with Crippen LogP contribution in [0.3, 0.4) is 0 Å². The lowest BCUT2D eigenvalue weighted by Crippen LogP contribution is -3.21. The van der Waals surface area contributed by atoms with Crippen LogP contribution in [0.25, 0.3) is 0 Å². The lowest BCUT2D eigenvalue weighted by atomic mass is 10.2. The first-order valence-corrected chi connectivity index (χ1v) is 7.99. The summed E-state index contributed by atoms with van der Waals surface area (Å²) in [5.41, 5.74) is 0.479. The van der Waals surface area contributed by atoms with E-state index in [1.54, 1.807) is 31.4 Å². The lowest BCUT2D eigenvalue weighted by Gasteiger charge is -2.35. The fourth-order valence-corrected chi connectivity index (χ4v) is 2.92. The number of carbonyl (C=O) groups is 1. The molecular formula is C14H18Cl3N2O3+. The highest BCUT2D eigenvalue weighted by molar-refractivity contribution is 6.68. The van der Waals surface area contributed by atoms with Crippen LogP contribution >= 0.6 is 34.8 Å². The van der Waals surface area contributed by atoms with Gasteiger partial charge >= 0.3 is 0 Å². The van der Waals surface area contributed by atoms with Crippen molar-refractivity contribution >= 4 is 40.7 Å². The van der Waals surface area contributed by atoms with Crippen molar-refractivity contribution in [3.05, 3.63) is 29.8 Å². The Morgan fingerprint density at radius 2 is 1.86 bits per heavy atom. The fourth-order valence-electron chi connectivity index (χ4n) is 2.29. The largest absolute Gasteiger partial charge is 0.497 e. The van der Waals surface area contributed by atoms with Crippen LogP contribution < -0.4 is 15.0 Å². The number of quaternary nitrogens is 1. The smallest absolute Gasteiger partial charge is 0.262 e. The molecule has 1 aromatic carbocycles. The minimum atomic E-state index is -1.60. The number of amides is 1. The summed E-state index contributed by atoms with van der Waals surface area (Å²) in [6.07, 6.45) is -0.643. The molecule has 22 heavy (non-hydrogen) atoms. The minimum Gasteiger partial charge on any atom is -0.497 e. The Balaban J connectivity index is 2.09. The van der Waals surface area contributed by atoms with Gasteiger partial charge in [0.25, 0.3) is 9.70 Å². The van der Waals surface area contributed by atoms with Crippen molar-refractivity contribution in [2.75, 3.05) is 33.4 Å². The van der Waals surface area contributed by atoms with Crippen LogP contribution in [0.1, 0.15) is 10.4 Å². The molecule has 0 saturated carbocycles. The van der Waals surface area contributed by atoms with E-state index in [4.69, 9.17) is 44.3 Å². The summed E-state index contributed by atoms with van der Waals surface area (Å²) in [5.74, 6) is 0.381. The standard InChI is InChI=1S/C14H17Cl3N2O3/c1-21-11-4-2-10(3-5-11)12(20)18-13(14(15,16)17)19-6-8-22-9-7-19/h2-5,13H,6-9H2,1H3,(H,18,20)/p+1/t13-/m0/s1. The Kier molecular flexibility index (Phi) is 6.17. The van der Waals surface area contributed by atoms with Crippen molar-refractivity contribution < 1.29 is 19.2 Å². The van der Waals surface area contributed by atoms with E-state index < -0.39 is 9.96 Å². The van der Waals surface area contributed by atoms with Crippen molar-refractivity contribution in [2.24, 2.45) is 0 Å². The average molecular weight is 369 g/mol. The van der Waals surface area contributed by atoms with Gasteiger partial charge in [-0.15, -0.1) is 0 Å². The maximum atomic E-state index is 12.4. The van der Waals surface area contributed by atoms with Gasteiger partial charge in [-0.2, -0.15) is 0 Å². The van der Waals surface area contributed by atoms with E-state index in [1.807, 2.05) is 0 Å². The van der Waals surface area contributed by atoms with Gasteiger partial charge in [0.05, 0.1) is 20.3 Å². The van der Waals surface area contributed by atoms with Crippen LogP contribution in [-0.2, 0) is 4.74 Å². The van der Waals surface area contributed by atoms with Gasteiger partial charge in [-0.25, -0.2) is 0 Å². The van der Waals surface area contributed by atoms with Gasteiger partial charge in [-0.1, -0.05) is 34.8 Å². The van der Waals surface area contributed by atoms with Gasteiger partial charge in [-0.3, -0.25) is 10.1 Å². The summed E-state index contributed by atoms with van der Waals surface area (Å²) in [4.78, 5) is 13.4. The maximum Gasteiger partial charge on any atom is 0.262 e. The summed E-state index contributed by atoms with van der Waals surface area (Å²) in [5, 5.41) is 2.81. The average Bonchev–Trinajstić information content (AvgIpc) is 2.52. The normalized spacial score (nSPS) is 17.8. The Morgan fingerprint density at radius 3 is 2.36 bits per heavy atom. The molecule has 122 valence electrons. The molecular weight excluding hydrogens is 351 g/mol. The molecule has 1 saturated heterocycles. The summed E-state index contributed by atoms with van der Waals surface area (Å²) >= 11 is 18.1. The highest BCUT2D eigenvalue weighted by Crippen LogP contribution is 2.28. The zero-order valence-electron chi connectivity index (χ0n) is 12.1. The number of halogens is 3. The van der Waals surface area contributed by atoms with Crippen LogP contribution in [-0.4, -0.2) is 49.3 Å². The second kappa shape index (κ2) is 7.70. The van der Waals surface area contributed by atoms with Crippen LogP contribution in [0.5, 0.6) is 5.75 Å². The number of rotatable bonds is 4. The zero-order valence-corrected chi connectivity index (χ0v) is 14.3. The predicted octanol–water partition coefficient (Wildman–Crippen LogP) is 1.04. The second-order valence-corrected chi connectivity index (χ2v) is 7.32. The van der Waals surface area contributed by atoms with Gasteiger partial charge < -0.3 is 14.4 Å². The van der Waals surface area contributed by atoms with Gasteiger partial charge in [0, 0.05) is 5.56 Å². The molecule has 1 amide bonds. The summed E-state index contributed by atoms with van der Waals surface area (Å²) < 4.78 is 8.77. The van der Waals surface area contributed by atoms with E-state index in [0.717, 1.165) is 4.90 Å². The number of benzene rings is 1. The van der Waals surface area contributed by atoms with E-state index in [9.17, 15) is 4.79 Å². The van der Waals surface area contributed by atoms with E-state index in [0.29, 0.717) is 37.6 Å². The summed E-state index contributed by atoms with van der Waals surface area (Å²) in [6, 6.07) is 6.75. The summed E-state index contributed by atoms with van der Waals surface area (Å²) in [7, 11) is 1.57. The molecule has 0 aromatic heterocycles. The van der Waals surface area contributed by atoms with Gasteiger partial charge in [0.2, 0.25) is 6.17 Å². The monoisotopic (exact) mass is 367 g/mol. The van der Waals surface area contributed by atoms with Crippen molar-refractivity contribution in [1.29, 1.82) is 0 Å². The van der Waals surface area contributed by atoms with Crippen LogP contribution in [0.15, 0.2) is 24.3 Å². The number of methoxy groups -OCH3 is 1. The Labute approximate surface area is 144 Å². The molecule has 1 aliphatic heterocycles. The molecule has 1 atom stereocenters. The molecule has 1 fully saturated rings. The van der Waals surface area contributed by atoms with E-state index in [-0.39, 0.29) is 5.91 Å². The van der Waals surface area contributed by atoms with Crippen LogP contribution in [0.4, 0.5) is 0 Å². The lowest BCUT2D eigenvalue weighted by molar-refractivity contribution is -0.934. The van der Waals surface area contributed by atoms with E-state index in [1.165, 1.54) is 0 Å². The first-order valence-electron chi connectivity index (χ1n) is 6.86. The third-order valence-corrected chi connectivity index (χ3v) is 4.15. The molecule has 1 aromatic rings. The molecule has 0 bridgehead atoms. The molecule has 8 heteroatoms. The van der Waals surface area contributed by atoms with Crippen molar-refractivity contribution in [2.45, 2.75) is 9.96 Å². The number of alkyl halides is 3. The van der Waals surface area contributed by atoms with Gasteiger partial charge in [-0.05, 0) is 24.3 Å². The molecule has 0 aliphatic carbocycles. The second-order valence-electron chi connectivity index (χ2n) is 4.95. The van der Waals surface area contributed by atoms with Crippen LogP contribution in [0, 0.1) is 0 Å². The third kappa shape index (κ3) is 4.64. The number of morpholine rings is 1. The van der Waals surface area contributed by atoms with Crippen molar-refractivity contribution in [1.82, 2.24) is 5.32 Å². The first-order chi connectivity index (χ1) is 10.4. The predicted molar refractivity (Wildman–Crippen MR) is 86.1 cm³/mol. The van der Waals surface area contributed by atoms with Crippen LogP contribution in [0.2, 0.25) is 0 Å². The Morgan fingerprint density at radius 1 is 1.27 bits per heavy atom. The third-order valence-electron chi connectivity index (χ3n) is 3.50. The highest BCUT2D eigenvalue weighted by atomic mass is 35.6. The molecule has 5 nitrogen and oxygen atoms in total. The molecule has 0 radical (unpaired) electrons. The molecule has 1 aliphatic rings. The zero-order chi connectivity index (χ0) is 16.2. The molecule has 0 unspecified atom stereocenters. The first kappa shape index (κ1) is 17.6. The van der Waals surface area contributed by atoms with E-state index >= 15 is 0 Å². The summed E-state index contributed by atoms with van der Waals surface area (Å²) in [6.45, 7) is 2.49. The van der Waals surface area contributed by atoms with Crippen molar-refractivity contribution in [3.8, 4) is 5.75 Å². The number of carbonyl (C=O) groups excluding carboxylic acids is 1. The number of nitrogens with one attached hydrogen (secondary N) is 2. The molecule has 1 heterocycles. The minimum absolute atomic E-state index is 0.294. The Bertz CT molecular complexity index is 499. The number of ether oxygens (including phenoxy) is 2. The number of hydrogen-bond acceptors (Lipinski definition) is 3. The topological polar surface area (TPSA) is 52.0 Å².